The lowest BCUT2D eigenvalue weighted by molar-refractivity contribution is 0.0734. The summed E-state index contributed by atoms with van der Waals surface area (Å²) in [6.45, 7) is 0. The van der Waals surface area contributed by atoms with Gasteiger partial charge in [-0.1, -0.05) is 40.2 Å². The number of halogens is 1. The number of allylic oxidation sites excluding steroid dienone is 1. The Bertz CT molecular complexity index is 1150. The SMILES string of the molecule is COc1cccc(C(=O)Oc2ccc3c(c2)OC(=Cc2ccccc2Br)C3=O)c1. The van der Waals surface area contributed by atoms with E-state index in [-0.39, 0.29) is 17.3 Å². The molecule has 4 rings (SSSR count). The minimum absolute atomic E-state index is 0.211. The molecule has 6 heteroatoms. The smallest absolute Gasteiger partial charge is 0.343 e. The maximum atomic E-state index is 12.6. The Balaban J connectivity index is 1.56. The minimum atomic E-state index is -0.530. The molecule has 0 spiro atoms. The van der Waals surface area contributed by atoms with Crippen LogP contribution in [0.4, 0.5) is 0 Å². The summed E-state index contributed by atoms with van der Waals surface area (Å²) in [6, 6.07) is 18.9. The highest BCUT2D eigenvalue weighted by Gasteiger charge is 2.28. The molecule has 1 aliphatic rings. The Hall–Kier alpha value is -3.38. The van der Waals surface area contributed by atoms with E-state index in [2.05, 4.69) is 15.9 Å². The highest BCUT2D eigenvalue weighted by molar-refractivity contribution is 9.10. The first-order valence-corrected chi connectivity index (χ1v) is 9.53. The summed E-state index contributed by atoms with van der Waals surface area (Å²) in [5, 5.41) is 0. The fraction of sp³-hybridized carbons (Fsp3) is 0.0435. The number of fused-ring (bicyclic) bond motifs is 1. The van der Waals surface area contributed by atoms with Crippen molar-refractivity contribution in [1.82, 2.24) is 0 Å². The van der Waals surface area contributed by atoms with Crippen molar-refractivity contribution in [2.45, 2.75) is 0 Å². The molecule has 3 aromatic carbocycles. The molecule has 1 heterocycles. The fourth-order valence-electron chi connectivity index (χ4n) is 2.88. The van der Waals surface area contributed by atoms with Gasteiger partial charge < -0.3 is 14.2 Å². The van der Waals surface area contributed by atoms with E-state index in [1.54, 1.807) is 42.5 Å². The van der Waals surface area contributed by atoms with Crippen molar-refractivity contribution in [2.24, 2.45) is 0 Å². The number of rotatable bonds is 4. The topological polar surface area (TPSA) is 61.8 Å². The molecule has 29 heavy (non-hydrogen) atoms. The van der Waals surface area contributed by atoms with Gasteiger partial charge in [0, 0.05) is 10.5 Å². The van der Waals surface area contributed by atoms with Crippen molar-refractivity contribution in [3.63, 3.8) is 0 Å². The largest absolute Gasteiger partial charge is 0.497 e. The molecule has 0 aliphatic carbocycles. The van der Waals surface area contributed by atoms with Crippen LogP contribution < -0.4 is 14.2 Å². The highest BCUT2D eigenvalue weighted by atomic mass is 79.9. The molecular weight excluding hydrogens is 436 g/mol. The maximum absolute atomic E-state index is 12.6. The van der Waals surface area contributed by atoms with Gasteiger partial charge in [0.15, 0.2) is 5.76 Å². The van der Waals surface area contributed by atoms with Crippen LogP contribution in [0.1, 0.15) is 26.3 Å². The van der Waals surface area contributed by atoms with Crippen LogP contribution in [-0.4, -0.2) is 18.9 Å². The molecule has 0 unspecified atom stereocenters. The number of ketones is 1. The van der Waals surface area contributed by atoms with Gasteiger partial charge >= 0.3 is 5.97 Å². The molecule has 0 atom stereocenters. The number of ether oxygens (including phenoxy) is 3. The summed E-state index contributed by atoms with van der Waals surface area (Å²) in [4.78, 5) is 25.0. The van der Waals surface area contributed by atoms with Crippen molar-refractivity contribution in [2.75, 3.05) is 7.11 Å². The number of hydrogen-bond acceptors (Lipinski definition) is 5. The summed E-state index contributed by atoms with van der Waals surface area (Å²) in [5.41, 5.74) is 1.61. The van der Waals surface area contributed by atoms with Crippen molar-refractivity contribution in [3.05, 3.63) is 93.7 Å². The second-order valence-corrected chi connectivity index (χ2v) is 7.10. The van der Waals surface area contributed by atoms with Crippen LogP contribution >= 0.6 is 15.9 Å². The van der Waals surface area contributed by atoms with Gasteiger partial charge in [0.1, 0.15) is 17.2 Å². The molecule has 1 aliphatic heterocycles. The Morgan fingerprint density at radius 3 is 2.62 bits per heavy atom. The molecular formula is C23H15BrO5. The first-order valence-electron chi connectivity index (χ1n) is 8.74. The van der Waals surface area contributed by atoms with Gasteiger partial charge in [-0.3, -0.25) is 4.79 Å². The van der Waals surface area contributed by atoms with E-state index in [1.807, 2.05) is 24.3 Å². The first kappa shape index (κ1) is 19.0. The van der Waals surface area contributed by atoms with Crippen LogP contribution in [0, 0.1) is 0 Å². The third-order valence-corrected chi connectivity index (χ3v) is 5.07. The molecule has 0 fully saturated rings. The van der Waals surface area contributed by atoms with Gasteiger partial charge in [0.05, 0.1) is 18.2 Å². The normalized spacial score (nSPS) is 13.7. The fourth-order valence-corrected chi connectivity index (χ4v) is 3.28. The van der Waals surface area contributed by atoms with Crippen molar-refractivity contribution < 1.29 is 23.8 Å². The lowest BCUT2D eigenvalue weighted by atomic mass is 10.1. The second-order valence-electron chi connectivity index (χ2n) is 6.24. The molecule has 0 N–H and O–H groups in total. The van der Waals surface area contributed by atoms with E-state index in [9.17, 15) is 9.59 Å². The van der Waals surface area contributed by atoms with Gasteiger partial charge in [-0.2, -0.15) is 0 Å². The van der Waals surface area contributed by atoms with Gasteiger partial charge in [0.25, 0.3) is 0 Å². The van der Waals surface area contributed by atoms with Crippen LogP contribution in [0.3, 0.4) is 0 Å². The number of carbonyl (C=O) groups excluding carboxylic acids is 2. The lowest BCUT2D eigenvalue weighted by Gasteiger charge is -2.07. The van der Waals surface area contributed by atoms with E-state index in [0.717, 1.165) is 10.0 Å². The maximum Gasteiger partial charge on any atom is 0.343 e. The summed E-state index contributed by atoms with van der Waals surface area (Å²) in [7, 11) is 1.53. The molecule has 5 nitrogen and oxygen atoms in total. The zero-order valence-electron chi connectivity index (χ0n) is 15.3. The van der Waals surface area contributed by atoms with Gasteiger partial charge in [0.2, 0.25) is 5.78 Å². The van der Waals surface area contributed by atoms with Gasteiger partial charge in [-0.15, -0.1) is 0 Å². The lowest BCUT2D eigenvalue weighted by Crippen LogP contribution is -2.08. The van der Waals surface area contributed by atoms with Crippen LogP contribution in [0.2, 0.25) is 0 Å². The van der Waals surface area contributed by atoms with Crippen molar-refractivity contribution in [3.8, 4) is 17.2 Å². The van der Waals surface area contributed by atoms with Gasteiger partial charge in [-0.25, -0.2) is 4.79 Å². The van der Waals surface area contributed by atoms with Gasteiger partial charge in [-0.05, 0) is 48.0 Å². The number of hydrogen-bond donors (Lipinski definition) is 0. The highest BCUT2D eigenvalue weighted by Crippen LogP contribution is 2.35. The number of carbonyl (C=O) groups is 2. The molecule has 0 saturated heterocycles. The zero-order chi connectivity index (χ0) is 20.4. The van der Waals surface area contributed by atoms with E-state index in [0.29, 0.717) is 22.6 Å². The molecule has 0 aromatic heterocycles. The minimum Gasteiger partial charge on any atom is -0.497 e. The molecule has 0 bridgehead atoms. The summed E-state index contributed by atoms with van der Waals surface area (Å²) >= 11 is 3.45. The average molecular weight is 451 g/mol. The Morgan fingerprint density at radius 2 is 1.83 bits per heavy atom. The van der Waals surface area contributed by atoms with Crippen molar-refractivity contribution in [1.29, 1.82) is 0 Å². The Morgan fingerprint density at radius 1 is 1.00 bits per heavy atom. The molecule has 0 amide bonds. The third-order valence-electron chi connectivity index (χ3n) is 4.35. The third kappa shape index (κ3) is 3.93. The number of esters is 1. The number of benzene rings is 3. The predicted octanol–water partition coefficient (Wildman–Crippen LogP) is 5.29. The summed E-state index contributed by atoms with van der Waals surface area (Å²) in [5.74, 6) is 0.654. The first-order chi connectivity index (χ1) is 14.0. The monoisotopic (exact) mass is 450 g/mol. The van der Waals surface area contributed by atoms with Crippen LogP contribution in [0.25, 0.3) is 6.08 Å². The van der Waals surface area contributed by atoms with E-state index < -0.39 is 5.97 Å². The van der Waals surface area contributed by atoms with Crippen LogP contribution in [0.15, 0.2) is 77.0 Å². The van der Waals surface area contributed by atoms with Crippen LogP contribution in [0.5, 0.6) is 17.2 Å². The predicted molar refractivity (Wildman–Crippen MR) is 111 cm³/mol. The Kier molecular flexibility index (Phi) is 5.18. The summed E-state index contributed by atoms with van der Waals surface area (Å²) in [6.07, 6.45) is 1.67. The average Bonchev–Trinajstić information content (AvgIpc) is 3.04. The molecule has 0 radical (unpaired) electrons. The number of Topliss-reactive ketones (excluding diaryl/α,β-unsaturated/α-hetero) is 1. The van der Waals surface area contributed by atoms with E-state index >= 15 is 0 Å². The standard InChI is InChI=1S/C23H15BrO5/c1-27-16-7-4-6-15(11-16)23(26)28-17-9-10-18-20(13-17)29-21(22(18)25)12-14-5-2-3-8-19(14)24/h2-13H,1H3. The molecule has 0 saturated carbocycles. The number of methoxy groups -OCH3 is 1. The Labute approximate surface area is 175 Å². The molecule has 144 valence electrons. The van der Waals surface area contributed by atoms with E-state index in [4.69, 9.17) is 14.2 Å². The zero-order valence-corrected chi connectivity index (χ0v) is 16.9. The second kappa shape index (κ2) is 7.93. The van der Waals surface area contributed by atoms with Crippen LogP contribution in [-0.2, 0) is 0 Å². The summed E-state index contributed by atoms with van der Waals surface area (Å²) < 4.78 is 17.1. The van der Waals surface area contributed by atoms with Crippen molar-refractivity contribution >= 4 is 33.8 Å². The molecule has 3 aromatic rings. The van der Waals surface area contributed by atoms with E-state index in [1.165, 1.54) is 13.2 Å². The quantitative estimate of drug-likeness (QED) is 0.306.